The van der Waals surface area contributed by atoms with Gasteiger partial charge in [-0.2, -0.15) is 0 Å². The van der Waals surface area contributed by atoms with Crippen LogP contribution in [0.4, 0.5) is 0 Å². The molecule has 0 spiro atoms. The van der Waals surface area contributed by atoms with E-state index >= 15 is 0 Å². The molecule has 1 aromatic carbocycles. The van der Waals surface area contributed by atoms with E-state index in [1.54, 1.807) is 38.1 Å². The lowest BCUT2D eigenvalue weighted by atomic mass is 10.2. The fourth-order valence-corrected chi connectivity index (χ4v) is 1.32. The van der Waals surface area contributed by atoms with Crippen LogP contribution < -0.4 is 0 Å². The number of hydrogen-bond donors (Lipinski definition) is 0. The van der Waals surface area contributed by atoms with Crippen molar-refractivity contribution in [3.05, 3.63) is 35.9 Å². The van der Waals surface area contributed by atoms with Crippen molar-refractivity contribution in [3.8, 4) is 0 Å². The Morgan fingerprint density at radius 3 is 2.15 bits per heavy atom. The number of esters is 2. The van der Waals surface area contributed by atoms with E-state index in [1.165, 1.54) is 0 Å². The molecule has 0 unspecified atom stereocenters. The van der Waals surface area contributed by atoms with Crippen molar-refractivity contribution in [2.45, 2.75) is 13.8 Å². The van der Waals surface area contributed by atoms with Crippen molar-refractivity contribution in [1.29, 1.82) is 0 Å². The zero-order valence-electron chi connectivity index (χ0n) is 11.8. The minimum atomic E-state index is -0.375. The second-order valence-corrected chi connectivity index (χ2v) is 4.44. The van der Waals surface area contributed by atoms with E-state index in [9.17, 15) is 9.59 Å². The third-order valence-electron chi connectivity index (χ3n) is 2.41. The predicted octanol–water partition coefficient (Wildman–Crippen LogP) is 2.06. The van der Waals surface area contributed by atoms with Gasteiger partial charge in [0.1, 0.15) is 13.2 Å². The molecule has 0 aliphatic rings. The minimum Gasteiger partial charge on any atom is -0.463 e. The van der Waals surface area contributed by atoms with Crippen LogP contribution in [0.15, 0.2) is 30.3 Å². The van der Waals surface area contributed by atoms with Gasteiger partial charge >= 0.3 is 11.9 Å². The monoisotopic (exact) mass is 280 g/mol. The molecule has 0 bridgehead atoms. The zero-order valence-corrected chi connectivity index (χ0v) is 11.8. The first kappa shape index (κ1) is 16.2. The number of benzene rings is 1. The summed E-state index contributed by atoms with van der Waals surface area (Å²) in [7, 11) is 0. The Labute approximate surface area is 118 Å². The molecule has 0 N–H and O–H groups in total. The summed E-state index contributed by atoms with van der Waals surface area (Å²) in [6.07, 6.45) is 0. The molecular formula is C15H20O5. The summed E-state index contributed by atoms with van der Waals surface area (Å²) in [6, 6.07) is 8.76. The number of carbonyl (C=O) groups is 2. The van der Waals surface area contributed by atoms with Gasteiger partial charge in [0.2, 0.25) is 0 Å². The standard InChI is InChI=1S/C15H20O5/c1-12(2)14(16)19-10-8-18-9-11-20-15(17)13-6-4-3-5-7-13/h3-7,12H,8-11H2,1-2H3. The molecule has 0 atom stereocenters. The molecule has 1 rings (SSSR count). The van der Waals surface area contributed by atoms with Crippen LogP contribution in [0.3, 0.4) is 0 Å². The average molecular weight is 280 g/mol. The number of hydrogen-bond acceptors (Lipinski definition) is 5. The molecule has 0 amide bonds. The first-order valence-corrected chi connectivity index (χ1v) is 6.58. The third kappa shape index (κ3) is 6.33. The molecule has 0 aliphatic carbocycles. The SMILES string of the molecule is CC(C)C(=O)OCCOCCOC(=O)c1ccccc1. The fraction of sp³-hybridized carbons (Fsp3) is 0.467. The predicted molar refractivity (Wildman–Crippen MR) is 73.3 cm³/mol. The quantitative estimate of drug-likeness (QED) is 0.539. The van der Waals surface area contributed by atoms with Crippen molar-refractivity contribution < 1.29 is 23.8 Å². The fourth-order valence-electron chi connectivity index (χ4n) is 1.32. The Morgan fingerprint density at radius 2 is 1.55 bits per heavy atom. The highest BCUT2D eigenvalue weighted by Gasteiger charge is 2.07. The lowest BCUT2D eigenvalue weighted by Crippen LogP contribution is -2.17. The summed E-state index contributed by atoms with van der Waals surface area (Å²) in [5.41, 5.74) is 0.512. The van der Waals surface area contributed by atoms with Gasteiger partial charge < -0.3 is 14.2 Å². The van der Waals surface area contributed by atoms with E-state index in [0.717, 1.165) is 0 Å². The van der Waals surface area contributed by atoms with Crippen LogP contribution in [0, 0.1) is 5.92 Å². The molecule has 0 aromatic heterocycles. The van der Waals surface area contributed by atoms with E-state index in [0.29, 0.717) is 12.2 Å². The van der Waals surface area contributed by atoms with Crippen LogP contribution in [0.1, 0.15) is 24.2 Å². The number of carbonyl (C=O) groups excluding carboxylic acids is 2. The highest BCUT2D eigenvalue weighted by atomic mass is 16.6. The van der Waals surface area contributed by atoms with Crippen LogP contribution in [0.25, 0.3) is 0 Å². The van der Waals surface area contributed by atoms with Crippen molar-refractivity contribution in [2.75, 3.05) is 26.4 Å². The average Bonchev–Trinajstić information content (AvgIpc) is 2.46. The Kier molecular flexibility index (Phi) is 7.35. The topological polar surface area (TPSA) is 61.8 Å². The van der Waals surface area contributed by atoms with Crippen LogP contribution in [-0.2, 0) is 19.0 Å². The Hall–Kier alpha value is -1.88. The van der Waals surface area contributed by atoms with E-state index in [-0.39, 0.29) is 37.7 Å². The maximum Gasteiger partial charge on any atom is 0.338 e. The molecule has 5 heteroatoms. The summed E-state index contributed by atoms with van der Waals surface area (Å²) < 4.78 is 15.1. The van der Waals surface area contributed by atoms with Gasteiger partial charge in [-0.25, -0.2) is 4.79 Å². The lowest BCUT2D eigenvalue weighted by Gasteiger charge is -2.08. The summed E-state index contributed by atoms with van der Waals surface area (Å²) in [5.74, 6) is -0.758. The van der Waals surface area contributed by atoms with Gasteiger partial charge in [0.05, 0.1) is 24.7 Å². The van der Waals surface area contributed by atoms with Gasteiger partial charge in [0.15, 0.2) is 0 Å². The second kappa shape index (κ2) is 9.09. The van der Waals surface area contributed by atoms with Gasteiger partial charge in [-0.3, -0.25) is 4.79 Å². The molecule has 0 radical (unpaired) electrons. The van der Waals surface area contributed by atoms with E-state index in [4.69, 9.17) is 14.2 Å². The molecule has 110 valence electrons. The Bertz CT molecular complexity index is 414. The highest BCUT2D eigenvalue weighted by molar-refractivity contribution is 5.89. The van der Waals surface area contributed by atoms with Crippen LogP contribution in [-0.4, -0.2) is 38.4 Å². The summed E-state index contributed by atoms with van der Waals surface area (Å²) >= 11 is 0. The molecule has 20 heavy (non-hydrogen) atoms. The van der Waals surface area contributed by atoms with Gasteiger partial charge in [0, 0.05) is 0 Å². The Balaban J connectivity index is 2.03. The summed E-state index contributed by atoms with van der Waals surface area (Å²) in [4.78, 5) is 22.7. The smallest absolute Gasteiger partial charge is 0.338 e. The third-order valence-corrected chi connectivity index (χ3v) is 2.41. The second-order valence-electron chi connectivity index (χ2n) is 4.44. The highest BCUT2D eigenvalue weighted by Crippen LogP contribution is 2.00. The maximum atomic E-state index is 11.6. The van der Waals surface area contributed by atoms with Crippen molar-refractivity contribution in [1.82, 2.24) is 0 Å². The largest absolute Gasteiger partial charge is 0.463 e. The normalized spacial score (nSPS) is 10.3. The van der Waals surface area contributed by atoms with Crippen LogP contribution >= 0.6 is 0 Å². The molecule has 5 nitrogen and oxygen atoms in total. The van der Waals surface area contributed by atoms with Crippen LogP contribution in [0.2, 0.25) is 0 Å². The van der Waals surface area contributed by atoms with Gasteiger partial charge in [-0.05, 0) is 12.1 Å². The van der Waals surface area contributed by atoms with E-state index < -0.39 is 0 Å². The number of rotatable bonds is 8. The van der Waals surface area contributed by atoms with Crippen LogP contribution in [0.5, 0.6) is 0 Å². The minimum absolute atomic E-state index is 0.137. The van der Waals surface area contributed by atoms with Gasteiger partial charge in [-0.15, -0.1) is 0 Å². The van der Waals surface area contributed by atoms with E-state index in [1.807, 2.05) is 6.07 Å². The molecule has 0 aliphatic heterocycles. The zero-order chi connectivity index (χ0) is 14.8. The molecule has 0 heterocycles. The molecule has 0 fully saturated rings. The van der Waals surface area contributed by atoms with Gasteiger partial charge in [0.25, 0.3) is 0 Å². The molecule has 0 saturated heterocycles. The van der Waals surface area contributed by atoms with Crippen molar-refractivity contribution in [2.24, 2.45) is 5.92 Å². The summed E-state index contributed by atoms with van der Waals surface area (Å²) in [6.45, 7) is 4.49. The maximum absolute atomic E-state index is 11.6. The first-order chi connectivity index (χ1) is 9.61. The first-order valence-electron chi connectivity index (χ1n) is 6.58. The van der Waals surface area contributed by atoms with Crippen molar-refractivity contribution in [3.63, 3.8) is 0 Å². The number of ether oxygens (including phenoxy) is 3. The lowest BCUT2D eigenvalue weighted by molar-refractivity contribution is -0.148. The molecule has 0 saturated carbocycles. The van der Waals surface area contributed by atoms with E-state index in [2.05, 4.69) is 0 Å². The molecular weight excluding hydrogens is 260 g/mol. The summed E-state index contributed by atoms with van der Waals surface area (Å²) in [5, 5.41) is 0. The van der Waals surface area contributed by atoms with Gasteiger partial charge in [-0.1, -0.05) is 32.0 Å². The Morgan fingerprint density at radius 1 is 0.950 bits per heavy atom. The van der Waals surface area contributed by atoms with Crippen molar-refractivity contribution >= 4 is 11.9 Å². The molecule has 1 aromatic rings.